The molecule has 0 saturated heterocycles. The van der Waals surface area contributed by atoms with Crippen LogP contribution in [0.15, 0.2) is 70.7 Å². The maximum atomic E-state index is 3.53. The molecule has 0 atom stereocenters. The average Bonchev–Trinajstić information content (AvgIpc) is 2.97. The third kappa shape index (κ3) is 3.21. The van der Waals surface area contributed by atoms with E-state index in [1.807, 2.05) is 11.8 Å². The van der Waals surface area contributed by atoms with Gasteiger partial charge in [0.2, 0.25) is 5.52 Å². The number of benzene rings is 2. The first-order valence-electron chi connectivity index (χ1n) is 8.47. The molecule has 2 aromatic carbocycles. The molecule has 0 bridgehead atoms. The Balaban J connectivity index is 1.76. The number of rotatable bonds is 4. The molecule has 0 saturated carbocycles. The van der Waals surface area contributed by atoms with Gasteiger partial charge in [-0.1, -0.05) is 52.0 Å². The van der Waals surface area contributed by atoms with E-state index in [1.165, 1.54) is 32.1 Å². The van der Waals surface area contributed by atoms with Crippen LogP contribution in [0.4, 0.5) is 5.69 Å². The van der Waals surface area contributed by atoms with E-state index in [2.05, 4.69) is 99.3 Å². The molecular formula is C21H20BrN2S+. The number of alkyl halides is 1. The van der Waals surface area contributed by atoms with Crippen LogP contribution in [0.2, 0.25) is 0 Å². The Morgan fingerprint density at radius 2 is 1.88 bits per heavy atom. The number of anilines is 1. The lowest BCUT2D eigenvalue weighted by atomic mass is 10.1. The summed E-state index contributed by atoms with van der Waals surface area (Å²) in [5.74, 6) is 0. The Morgan fingerprint density at radius 3 is 2.72 bits per heavy atom. The van der Waals surface area contributed by atoms with Crippen molar-refractivity contribution >= 4 is 50.4 Å². The second-order valence-electron chi connectivity index (χ2n) is 6.14. The van der Waals surface area contributed by atoms with Crippen LogP contribution in [0.1, 0.15) is 12.0 Å². The van der Waals surface area contributed by atoms with Crippen molar-refractivity contribution in [1.29, 1.82) is 0 Å². The van der Waals surface area contributed by atoms with Gasteiger partial charge in [-0.2, -0.15) is 4.57 Å². The highest BCUT2D eigenvalue weighted by molar-refractivity contribution is 9.09. The largest absolute Gasteiger partial charge is 0.338 e. The van der Waals surface area contributed by atoms with Crippen molar-refractivity contribution in [2.45, 2.75) is 17.9 Å². The number of pyridine rings is 1. The summed E-state index contributed by atoms with van der Waals surface area (Å²) in [6.45, 7) is 1.03. The third-order valence-electron chi connectivity index (χ3n) is 4.54. The minimum atomic E-state index is 1.03. The Kier molecular flexibility index (Phi) is 4.82. The molecule has 2 nitrogen and oxygen atoms in total. The van der Waals surface area contributed by atoms with E-state index < -0.39 is 0 Å². The van der Waals surface area contributed by atoms with Crippen molar-refractivity contribution in [2.24, 2.45) is 0 Å². The van der Waals surface area contributed by atoms with E-state index in [9.17, 15) is 0 Å². The number of nitrogens with zero attached hydrogens (tertiary/aromatic N) is 2. The van der Waals surface area contributed by atoms with Crippen LogP contribution in [0.5, 0.6) is 0 Å². The predicted molar refractivity (Wildman–Crippen MR) is 111 cm³/mol. The molecule has 0 spiro atoms. The molecule has 3 aromatic rings. The molecule has 4 heteroatoms. The molecule has 25 heavy (non-hydrogen) atoms. The highest BCUT2D eigenvalue weighted by Gasteiger charge is 2.22. The van der Waals surface area contributed by atoms with Gasteiger partial charge >= 0.3 is 0 Å². The molecule has 1 aliphatic heterocycles. The van der Waals surface area contributed by atoms with Gasteiger partial charge in [0.05, 0.1) is 16.1 Å². The van der Waals surface area contributed by atoms with Crippen molar-refractivity contribution < 1.29 is 4.57 Å². The highest BCUT2D eigenvalue weighted by Crippen LogP contribution is 2.45. The predicted octanol–water partition coefficient (Wildman–Crippen LogP) is 5.45. The van der Waals surface area contributed by atoms with Crippen molar-refractivity contribution in [3.63, 3.8) is 0 Å². The Bertz CT molecular complexity index is 952. The van der Waals surface area contributed by atoms with Crippen LogP contribution in [-0.2, 0) is 6.54 Å². The number of thioether (sulfide) groups is 1. The van der Waals surface area contributed by atoms with E-state index in [-0.39, 0.29) is 0 Å². The number of aryl methyl sites for hydroxylation is 1. The summed E-state index contributed by atoms with van der Waals surface area (Å²) in [5.41, 5.74) is 3.85. The molecule has 0 radical (unpaired) electrons. The SMILES string of the molecule is CN1/C(=C\c2cc[n+](CCCBr)c3ccccc23)Sc2ccccc21. The van der Waals surface area contributed by atoms with Crippen molar-refractivity contribution in [2.75, 3.05) is 17.3 Å². The summed E-state index contributed by atoms with van der Waals surface area (Å²) in [6.07, 6.45) is 5.65. The summed E-state index contributed by atoms with van der Waals surface area (Å²) in [7, 11) is 2.14. The molecule has 0 fully saturated rings. The molecule has 0 unspecified atom stereocenters. The van der Waals surface area contributed by atoms with Crippen LogP contribution < -0.4 is 9.47 Å². The fraction of sp³-hybridized carbons (Fsp3) is 0.190. The van der Waals surface area contributed by atoms with Gasteiger partial charge in [0.15, 0.2) is 6.20 Å². The number of halogens is 1. The normalized spacial score (nSPS) is 15.1. The van der Waals surface area contributed by atoms with Gasteiger partial charge in [-0.25, -0.2) is 0 Å². The Labute approximate surface area is 161 Å². The smallest absolute Gasteiger partial charge is 0.213 e. The van der Waals surface area contributed by atoms with Crippen molar-refractivity contribution in [3.8, 4) is 0 Å². The van der Waals surface area contributed by atoms with Crippen LogP contribution in [0, 0.1) is 0 Å². The minimum Gasteiger partial charge on any atom is -0.338 e. The Hall–Kier alpha value is -1.78. The first-order chi connectivity index (χ1) is 12.3. The van der Waals surface area contributed by atoms with Gasteiger partial charge < -0.3 is 4.90 Å². The molecule has 0 amide bonds. The highest BCUT2D eigenvalue weighted by atomic mass is 79.9. The lowest BCUT2D eigenvalue weighted by molar-refractivity contribution is -0.671. The molecule has 0 aliphatic carbocycles. The van der Waals surface area contributed by atoms with Crippen LogP contribution in [-0.4, -0.2) is 12.4 Å². The second kappa shape index (κ2) is 7.22. The van der Waals surface area contributed by atoms with Crippen LogP contribution >= 0.6 is 27.7 Å². The molecule has 1 aromatic heterocycles. The quantitative estimate of drug-likeness (QED) is 0.415. The summed E-state index contributed by atoms with van der Waals surface area (Å²) in [4.78, 5) is 3.60. The summed E-state index contributed by atoms with van der Waals surface area (Å²) in [5, 5.41) is 3.60. The molecule has 2 heterocycles. The fourth-order valence-electron chi connectivity index (χ4n) is 3.24. The minimum absolute atomic E-state index is 1.03. The van der Waals surface area contributed by atoms with E-state index in [0.29, 0.717) is 0 Å². The summed E-state index contributed by atoms with van der Waals surface area (Å²) in [6, 6.07) is 19.5. The van der Waals surface area contributed by atoms with E-state index in [4.69, 9.17) is 0 Å². The molecule has 4 rings (SSSR count). The Morgan fingerprint density at radius 1 is 1.08 bits per heavy atom. The van der Waals surface area contributed by atoms with Gasteiger partial charge in [0.25, 0.3) is 0 Å². The standard InChI is InChI=1S/C21H20BrN2S/c1-23-19-9-4-5-10-20(19)25-21(23)15-16-11-14-24(13-6-12-22)18-8-3-2-7-17(16)18/h2-5,7-11,14-15H,6,12-13H2,1H3/q+1. The number of hydrogen-bond acceptors (Lipinski definition) is 2. The molecule has 0 N–H and O–H groups in total. The monoisotopic (exact) mass is 411 g/mol. The number of hydrogen-bond donors (Lipinski definition) is 0. The van der Waals surface area contributed by atoms with Crippen molar-refractivity contribution in [1.82, 2.24) is 0 Å². The zero-order valence-corrected chi connectivity index (χ0v) is 16.6. The lowest BCUT2D eigenvalue weighted by Gasteiger charge is -2.13. The van der Waals surface area contributed by atoms with Crippen LogP contribution in [0.25, 0.3) is 17.0 Å². The zero-order chi connectivity index (χ0) is 17.2. The maximum Gasteiger partial charge on any atom is 0.213 e. The lowest BCUT2D eigenvalue weighted by Crippen LogP contribution is -2.34. The first-order valence-corrected chi connectivity index (χ1v) is 10.4. The average molecular weight is 412 g/mol. The number of fused-ring (bicyclic) bond motifs is 2. The number of para-hydroxylation sites is 2. The summed E-state index contributed by atoms with van der Waals surface area (Å²) >= 11 is 5.37. The first kappa shape index (κ1) is 16.7. The van der Waals surface area contributed by atoms with Crippen molar-refractivity contribution in [3.05, 3.63) is 71.4 Å². The van der Waals surface area contributed by atoms with Gasteiger partial charge in [0.1, 0.15) is 6.54 Å². The number of aromatic nitrogens is 1. The van der Waals surface area contributed by atoms with Gasteiger partial charge in [-0.15, -0.1) is 0 Å². The van der Waals surface area contributed by atoms with Gasteiger partial charge in [-0.05, 0) is 29.8 Å². The third-order valence-corrected chi connectivity index (χ3v) is 6.27. The summed E-state index contributed by atoms with van der Waals surface area (Å²) < 4.78 is 2.35. The maximum absolute atomic E-state index is 3.53. The van der Waals surface area contributed by atoms with Gasteiger partial charge in [-0.3, -0.25) is 0 Å². The molecule has 126 valence electrons. The van der Waals surface area contributed by atoms with E-state index in [1.54, 1.807) is 0 Å². The zero-order valence-electron chi connectivity index (χ0n) is 14.2. The topological polar surface area (TPSA) is 7.12 Å². The fourth-order valence-corrected chi connectivity index (χ4v) is 4.59. The second-order valence-corrected chi connectivity index (χ2v) is 7.99. The van der Waals surface area contributed by atoms with E-state index in [0.717, 1.165) is 18.3 Å². The van der Waals surface area contributed by atoms with E-state index >= 15 is 0 Å². The van der Waals surface area contributed by atoms with Crippen LogP contribution in [0.3, 0.4) is 0 Å². The molecular weight excluding hydrogens is 392 g/mol. The van der Waals surface area contributed by atoms with Gasteiger partial charge in [0, 0.05) is 35.8 Å². The molecule has 1 aliphatic rings.